The fraction of sp³-hybridized carbons (Fsp3) is 0.182. The fourth-order valence-corrected chi connectivity index (χ4v) is 1.94. The minimum Gasteiger partial charge on any atom is -0.392 e. The van der Waals surface area contributed by atoms with Crippen molar-refractivity contribution < 1.29 is 5.11 Å². The molecule has 1 aromatic carbocycles. The number of fused-ring (bicyclic) bond motifs is 1. The van der Waals surface area contributed by atoms with E-state index in [1.54, 1.807) is 6.07 Å². The summed E-state index contributed by atoms with van der Waals surface area (Å²) in [5, 5.41) is 11.0. The number of hydrogen-bond donors (Lipinski definition) is 1. The molecule has 4 heteroatoms. The lowest BCUT2D eigenvalue weighted by atomic mass is 10.1. The lowest BCUT2D eigenvalue weighted by Gasteiger charge is -2.07. The van der Waals surface area contributed by atoms with Crippen molar-refractivity contribution in [3.63, 3.8) is 0 Å². The number of nitrogens with zero attached hydrogens (tertiary/aromatic N) is 1. The standard InChI is InChI=1S/C11H9Cl2NO/c1-6-4-7(5-15)8-2-3-9(12)10(13)11(8)14-6/h2-4,15H,5H2,1H3. The van der Waals surface area contributed by atoms with E-state index in [4.69, 9.17) is 23.2 Å². The molecule has 0 saturated heterocycles. The van der Waals surface area contributed by atoms with E-state index in [1.165, 1.54) is 0 Å². The van der Waals surface area contributed by atoms with Crippen molar-refractivity contribution >= 4 is 34.1 Å². The second-order valence-corrected chi connectivity index (χ2v) is 4.12. The SMILES string of the molecule is Cc1cc(CO)c2ccc(Cl)c(Cl)c2n1. The van der Waals surface area contributed by atoms with Crippen LogP contribution in [0.3, 0.4) is 0 Å². The van der Waals surface area contributed by atoms with Gasteiger partial charge in [0.05, 0.1) is 22.2 Å². The van der Waals surface area contributed by atoms with Crippen LogP contribution in [0.1, 0.15) is 11.3 Å². The summed E-state index contributed by atoms with van der Waals surface area (Å²) in [5.74, 6) is 0. The number of pyridine rings is 1. The Kier molecular flexibility index (Phi) is 2.83. The molecular weight excluding hydrogens is 233 g/mol. The summed E-state index contributed by atoms with van der Waals surface area (Å²) in [4.78, 5) is 4.32. The summed E-state index contributed by atoms with van der Waals surface area (Å²) in [6, 6.07) is 5.37. The smallest absolute Gasteiger partial charge is 0.0910 e. The number of halogens is 2. The third kappa shape index (κ3) is 1.81. The molecule has 2 aromatic rings. The molecule has 1 aromatic heterocycles. The molecule has 0 amide bonds. The van der Waals surface area contributed by atoms with Crippen molar-refractivity contribution in [1.29, 1.82) is 0 Å². The zero-order valence-corrected chi connectivity index (χ0v) is 9.60. The summed E-state index contributed by atoms with van der Waals surface area (Å²) in [6.07, 6.45) is 0. The third-order valence-corrected chi connectivity index (χ3v) is 3.05. The first-order chi connectivity index (χ1) is 7.13. The predicted molar refractivity (Wildman–Crippen MR) is 62.4 cm³/mol. The van der Waals surface area contributed by atoms with Crippen LogP contribution in [0, 0.1) is 6.92 Å². The Hall–Kier alpha value is -0.830. The van der Waals surface area contributed by atoms with Crippen molar-refractivity contribution in [2.45, 2.75) is 13.5 Å². The van der Waals surface area contributed by atoms with Crippen LogP contribution in [-0.4, -0.2) is 10.1 Å². The molecule has 15 heavy (non-hydrogen) atoms. The predicted octanol–water partition coefficient (Wildman–Crippen LogP) is 3.34. The highest BCUT2D eigenvalue weighted by atomic mass is 35.5. The van der Waals surface area contributed by atoms with Gasteiger partial charge in [0.2, 0.25) is 0 Å². The molecule has 0 atom stereocenters. The topological polar surface area (TPSA) is 33.1 Å². The molecule has 0 fully saturated rings. The minimum absolute atomic E-state index is 0.0299. The van der Waals surface area contributed by atoms with E-state index < -0.39 is 0 Å². The van der Waals surface area contributed by atoms with Gasteiger partial charge in [0, 0.05) is 11.1 Å². The van der Waals surface area contributed by atoms with E-state index in [-0.39, 0.29) is 6.61 Å². The van der Waals surface area contributed by atoms with E-state index in [2.05, 4.69) is 4.98 Å². The van der Waals surface area contributed by atoms with Crippen LogP contribution in [0.5, 0.6) is 0 Å². The maximum Gasteiger partial charge on any atom is 0.0910 e. The van der Waals surface area contributed by atoms with Gasteiger partial charge >= 0.3 is 0 Å². The number of hydrogen-bond acceptors (Lipinski definition) is 2. The second-order valence-electron chi connectivity index (χ2n) is 3.34. The molecule has 0 aliphatic rings. The first kappa shape index (κ1) is 10.7. The molecule has 1 N–H and O–H groups in total. The first-order valence-electron chi connectivity index (χ1n) is 4.48. The molecule has 0 bridgehead atoms. The molecule has 78 valence electrons. The van der Waals surface area contributed by atoms with Crippen LogP contribution in [0.2, 0.25) is 10.0 Å². The van der Waals surface area contributed by atoms with Crippen molar-refractivity contribution in [2.75, 3.05) is 0 Å². The largest absolute Gasteiger partial charge is 0.392 e. The summed E-state index contributed by atoms with van der Waals surface area (Å²) < 4.78 is 0. The summed E-state index contributed by atoms with van der Waals surface area (Å²) >= 11 is 12.0. The van der Waals surface area contributed by atoms with Crippen LogP contribution in [0.4, 0.5) is 0 Å². The monoisotopic (exact) mass is 241 g/mol. The lowest BCUT2D eigenvalue weighted by molar-refractivity contribution is 0.283. The molecule has 0 aliphatic heterocycles. The van der Waals surface area contributed by atoms with E-state index in [0.29, 0.717) is 15.6 Å². The highest BCUT2D eigenvalue weighted by Gasteiger charge is 2.09. The van der Waals surface area contributed by atoms with Crippen LogP contribution >= 0.6 is 23.2 Å². The Labute approximate surface area is 97.5 Å². The maximum atomic E-state index is 9.22. The van der Waals surface area contributed by atoms with E-state index in [0.717, 1.165) is 16.6 Å². The zero-order valence-electron chi connectivity index (χ0n) is 8.09. The van der Waals surface area contributed by atoms with Gasteiger partial charge < -0.3 is 5.11 Å². The van der Waals surface area contributed by atoms with Crippen molar-refractivity contribution in [3.05, 3.63) is 39.5 Å². The molecule has 2 rings (SSSR count). The highest BCUT2D eigenvalue weighted by Crippen LogP contribution is 2.31. The van der Waals surface area contributed by atoms with Gasteiger partial charge in [-0.1, -0.05) is 29.3 Å². The Balaban J connectivity index is 2.89. The second kappa shape index (κ2) is 3.97. The maximum absolute atomic E-state index is 9.22. The average molecular weight is 242 g/mol. The first-order valence-corrected chi connectivity index (χ1v) is 5.24. The van der Waals surface area contributed by atoms with Gasteiger partial charge in [0.25, 0.3) is 0 Å². The minimum atomic E-state index is -0.0299. The van der Waals surface area contributed by atoms with Gasteiger partial charge in [-0.3, -0.25) is 4.98 Å². The summed E-state index contributed by atoms with van der Waals surface area (Å²) in [5.41, 5.74) is 2.28. The third-order valence-electron chi connectivity index (χ3n) is 2.26. The van der Waals surface area contributed by atoms with E-state index in [9.17, 15) is 5.11 Å². The number of rotatable bonds is 1. The Morgan fingerprint density at radius 1 is 1.33 bits per heavy atom. The van der Waals surface area contributed by atoms with Crippen molar-refractivity contribution in [2.24, 2.45) is 0 Å². The van der Waals surface area contributed by atoms with Gasteiger partial charge in [-0.25, -0.2) is 0 Å². The van der Waals surface area contributed by atoms with Gasteiger partial charge in [-0.05, 0) is 24.6 Å². The Bertz CT molecular complexity index is 525. The summed E-state index contributed by atoms with van der Waals surface area (Å²) in [7, 11) is 0. The molecule has 1 heterocycles. The number of aromatic nitrogens is 1. The van der Waals surface area contributed by atoms with Gasteiger partial charge in [-0.15, -0.1) is 0 Å². The van der Waals surface area contributed by atoms with Crippen LogP contribution in [-0.2, 0) is 6.61 Å². The molecule has 2 nitrogen and oxygen atoms in total. The molecule has 0 saturated carbocycles. The van der Waals surface area contributed by atoms with Crippen molar-refractivity contribution in [1.82, 2.24) is 4.98 Å². The molecule has 0 radical (unpaired) electrons. The molecular formula is C11H9Cl2NO. The highest BCUT2D eigenvalue weighted by molar-refractivity contribution is 6.45. The lowest BCUT2D eigenvalue weighted by Crippen LogP contribution is -1.92. The zero-order chi connectivity index (χ0) is 11.0. The van der Waals surface area contributed by atoms with E-state index >= 15 is 0 Å². The summed E-state index contributed by atoms with van der Waals surface area (Å²) in [6.45, 7) is 1.83. The quantitative estimate of drug-likeness (QED) is 0.831. The average Bonchev–Trinajstić information content (AvgIpc) is 2.23. The molecule has 0 aliphatic carbocycles. The van der Waals surface area contributed by atoms with Gasteiger partial charge in [-0.2, -0.15) is 0 Å². The number of aliphatic hydroxyl groups excluding tert-OH is 1. The van der Waals surface area contributed by atoms with Gasteiger partial charge in [0.15, 0.2) is 0 Å². The van der Waals surface area contributed by atoms with E-state index in [1.807, 2.05) is 19.1 Å². The fourth-order valence-electron chi connectivity index (χ4n) is 1.58. The van der Waals surface area contributed by atoms with Crippen LogP contribution < -0.4 is 0 Å². The Morgan fingerprint density at radius 2 is 2.07 bits per heavy atom. The molecule has 0 unspecified atom stereocenters. The molecule has 0 spiro atoms. The van der Waals surface area contributed by atoms with Gasteiger partial charge in [0.1, 0.15) is 0 Å². The van der Waals surface area contributed by atoms with Crippen LogP contribution in [0.25, 0.3) is 10.9 Å². The van der Waals surface area contributed by atoms with Crippen LogP contribution in [0.15, 0.2) is 18.2 Å². The normalized spacial score (nSPS) is 10.9. The number of aliphatic hydroxyl groups is 1. The number of benzene rings is 1. The number of aryl methyl sites for hydroxylation is 1. The van der Waals surface area contributed by atoms with Crippen molar-refractivity contribution in [3.8, 4) is 0 Å². The Morgan fingerprint density at radius 3 is 2.73 bits per heavy atom.